The van der Waals surface area contributed by atoms with Crippen molar-refractivity contribution in [1.29, 1.82) is 5.26 Å². The fourth-order valence-electron chi connectivity index (χ4n) is 7.92. The molecule has 1 N–H and O–H groups in total. The van der Waals surface area contributed by atoms with Crippen molar-refractivity contribution in [1.82, 2.24) is 0 Å². The Morgan fingerprint density at radius 3 is 2.26 bits per heavy atom. The lowest BCUT2D eigenvalue weighted by Gasteiger charge is -2.62. The van der Waals surface area contributed by atoms with Crippen LogP contribution in [0.4, 0.5) is 0 Å². The van der Waals surface area contributed by atoms with Gasteiger partial charge < -0.3 is 5.11 Å². The molecule has 2 heteroatoms. The van der Waals surface area contributed by atoms with Gasteiger partial charge in [-0.15, -0.1) is 0 Å². The van der Waals surface area contributed by atoms with Crippen molar-refractivity contribution >= 4 is 0 Å². The molecule has 4 aliphatic carbocycles. The molecule has 9 atom stereocenters. The SMILES string of the molecule is CC1C(O)CCC2(C)C1CCC1C3CCC(C#N)C3(C)CCC12. The zero-order valence-electron chi connectivity index (χ0n) is 15.1. The maximum absolute atomic E-state index is 10.3. The van der Waals surface area contributed by atoms with Gasteiger partial charge in [0.05, 0.1) is 18.1 Å². The molecule has 2 nitrogen and oxygen atoms in total. The Bertz CT molecular complexity index is 524. The molecule has 4 saturated carbocycles. The number of nitrogens with zero attached hydrogens (tertiary/aromatic N) is 1. The molecule has 4 aliphatic rings. The minimum atomic E-state index is -0.0760. The molecule has 4 rings (SSSR count). The summed E-state index contributed by atoms with van der Waals surface area (Å²) < 4.78 is 0. The molecule has 0 aromatic heterocycles. The van der Waals surface area contributed by atoms with E-state index >= 15 is 0 Å². The van der Waals surface area contributed by atoms with E-state index in [-0.39, 0.29) is 6.10 Å². The van der Waals surface area contributed by atoms with Crippen molar-refractivity contribution in [2.45, 2.75) is 78.2 Å². The van der Waals surface area contributed by atoms with Gasteiger partial charge in [-0.05, 0) is 91.8 Å². The first kappa shape index (κ1) is 15.9. The normalized spacial score (nSPS) is 58.7. The van der Waals surface area contributed by atoms with Crippen LogP contribution in [0.1, 0.15) is 72.1 Å². The van der Waals surface area contributed by atoms with E-state index in [9.17, 15) is 10.4 Å². The molecule has 0 heterocycles. The Morgan fingerprint density at radius 1 is 0.870 bits per heavy atom. The van der Waals surface area contributed by atoms with Gasteiger partial charge in [-0.3, -0.25) is 0 Å². The van der Waals surface area contributed by atoms with Crippen molar-refractivity contribution in [2.24, 2.45) is 46.3 Å². The average molecular weight is 316 g/mol. The van der Waals surface area contributed by atoms with Gasteiger partial charge in [-0.1, -0.05) is 20.8 Å². The predicted octanol–water partition coefficient (Wildman–Crippen LogP) is 4.78. The monoisotopic (exact) mass is 315 g/mol. The maximum Gasteiger partial charge on any atom is 0.0661 e. The van der Waals surface area contributed by atoms with E-state index in [1.807, 2.05) is 0 Å². The van der Waals surface area contributed by atoms with Crippen LogP contribution in [-0.4, -0.2) is 11.2 Å². The van der Waals surface area contributed by atoms with Crippen LogP contribution in [0.25, 0.3) is 0 Å². The second-order valence-electron chi connectivity index (χ2n) is 9.84. The van der Waals surface area contributed by atoms with E-state index in [1.165, 1.54) is 38.5 Å². The summed E-state index contributed by atoms with van der Waals surface area (Å²) in [6.07, 6.45) is 9.80. The van der Waals surface area contributed by atoms with Crippen molar-refractivity contribution < 1.29 is 5.11 Å². The largest absolute Gasteiger partial charge is 0.393 e. The Labute approximate surface area is 141 Å². The first-order valence-corrected chi connectivity index (χ1v) is 9.99. The van der Waals surface area contributed by atoms with E-state index in [4.69, 9.17) is 0 Å². The van der Waals surface area contributed by atoms with Crippen molar-refractivity contribution in [2.75, 3.05) is 0 Å². The Hall–Kier alpha value is -0.550. The third-order valence-electron chi connectivity index (χ3n) is 9.32. The summed E-state index contributed by atoms with van der Waals surface area (Å²) in [6, 6.07) is 2.64. The molecule has 0 saturated heterocycles. The third-order valence-corrected chi connectivity index (χ3v) is 9.32. The van der Waals surface area contributed by atoms with Crippen molar-refractivity contribution in [3.8, 4) is 6.07 Å². The molecule has 128 valence electrons. The third kappa shape index (κ3) is 2.02. The number of hydrogen-bond donors (Lipinski definition) is 1. The number of aliphatic hydroxyl groups is 1. The lowest BCUT2D eigenvalue weighted by Crippen LogP contribution is -2.56. The van der Waals surface area contributed by atoms with Gasteiger partial charge in [0.1, 0.15) is 0 Å². The Kier molecular flexibility index (Phi) is 3.62. The highest BCUT2D eigenvalue weighted by atomic mass is 16.3. The second-order valence-corrected chi connectivity index (χ2v) is 9.84. The van der Waals surface area contributed by atoms with E-state index in [0.717, 1.165) is 30.6 Å². The van der Waals surface area contributed by atoms with Gasteiger partial charge in [0.2, 0.25) is 0 Å². The van der Waals surface area contributed by atoms with Crippen molar-refractivity contribution in [3.05, 3.63) is 0 Å². The van der Waals surface area contributed by atoms with Crippen LogP contribution in [-0.2, 0) is 0 Å². The number of fused-ring (bicyclic) bond motifs is 5. The zero-order valence-corrected chi connectivity index (χ0v) is 15.1. The summed E-state index contributed by atoms with van der Waals surface area (Å²) in [4.78, 5) is 0. The summed E-state index contributed by atoms with van der Waals surface area (Å²) in [5.74, 6) is 3.95. The van der Waals surface area contributed by atoms with Crippen LogP contribution in [0.15, 0.2) is 0 Å². The standard InChI is InChI=1S/C21H33NO/c1-13-16-7-5-15-17-6-4-14(12-22)20(17,2)10-8-18(15)21(16,3)11-9-19(13)23/h13-19,23H,4-11H2,1-3H3. The van der Waals surface area contributed by atoms with Gasteiger partial charge >= 0.3 is 0 Å². The maximum atomic E-state index is 10.3. The lowest BCUT2D eigenvalue weighted by molar-refractivity contribution is -0.145. The Balaban J connectivity index is 1.64. The molecule has 0 bridgehead atoms. The van der Waals surface area contributed by atoms with Gasteiger partial charge in [0.25, 0.3) is 0 Å². The van der Waals surface area contributed by atoms with E-state index in [2.05, 4.69) is 26.8 Å². The first-order chi connectivity index (χ1) is 10.9. The highest BCUT2D eigenvalue weighted by molar-refractivity contribution is 5.13. The van der Waals surface area contributed by atoms with Crippen LogP contribution in [0.5, 0.6) is 0 Å². The number of aliphatic hydroxyl groups excluding tert-OH is 1. The Morgan fingerprint density at radius 2 is 1.52 bits per heavy atom. The van der Waals surface area contributed by atoms with Crippen molar-refractivity contribution in [3.63, 3.8) is 0 Å². The summed E-state index contributed by atoms with van der Waals surface area (Å²) in [5.41, 5.74) is 0.729. The summed E-state index contributed by atoms with van der Waals surface area (Å²) in [5, 5.41) is 19.9. The highest BCUT2D eigenvalue weighted by Crippen LogP contribution is 2.67. The quantitative estimate of drug-likeness (QED) is 0.699. The van der Waals surface area contributed by atoms with E-state index < -0.39 is 0 Å². The molecule has 9 unspecified atom stereocenters. The molecule has 0 aromatic rings. The first-order valence-electron chi connectivity index (χ1n) is 9.99. The van der Waals surface area contributed by atoms with Crippen LogP contribution < -0.4 is 0 Å². The van der Waals surface area contributed by atoms with Crippen LogP contribution in [0.3, 0.4) is 0 Å². The average Bonchev–Trinajstić information content (AvgIpc) is 2.88. The minimum Gasteiger partial charge on any atom is -0.393 e. The smallest absolute Gasteiger partial charge is 0.0661 e. The molecule has 23 heavy (non-hydrogen) atoms. The molecule has 0 radical (unpaired) electrons. The van der Waals surface area contributed by atoms with Crippen LogP contribution >= 0.6 is 0 Å². The van der Waals surface area contributed by atoms with Gasteiger partial charge in [0, 0.05) is 0 Å². The number of nitriles is 1. The molecular weight excluding hydrogens is 282 g/mol. The zero-order chi connectivity index (χ0) is 16.4. The highest BCUT2D eigenvalue weighted by Gasteiger charge is 2.61. The molecule has 0 aromatic carbocycles. The van der Waals surface area contributed by atoms with Gasteiger partial charge in [-0.25, -0.2) is 0 Å². The predicted molar refractivity (Wildman–Crippen MR) is 91.4 cm³/mol. The number of hydrogen-bond acceptors (Lipinski definition) is 2. The fourth-order valence-corrected chi connectivity index (χ4v) is 7.92. The minimum absolute atomic E-state index is 0.0760. The molecule has 0 amide bonds. The molecule has 4 fully saturated rings. The number of rotatable bonds is 0. The molecule has 0 spiro atoms. The van der Waals surface area contributed by atoms with E-state index in [1.54, 1.807) is 0 Å². The summed E-state index contributed by atoms with van der Waals surface area (Å²) in [6.45, 7) is 7.27. The topological polar surface area (TPSA) is 44.0 Å². The summed E-state index contributed by atoms with van der Waals surface area (Å²) >= 11 is 0. The van der Waals surface area contributed by atoms with Crippen LogP contribution in [0.2, 0.25) is 0 Å². The molecule has 0 aliphatic heterocycles. The second kappa shape index (κ2) is 5.22. The van der Waals surface area contributed by atoms with E-state index in [0.29, 0.717) is 28.6 Å². The lowest BCUT2D eigenvalue weighted by atomic mass is 9.43. The molecular formula is C21H33NO. The summed E-state index contributed by atoms with van der Waals surface area (Å²) in [7, 11) is 0. The van der Waals surface area contributed by atoms with Gasteiger partial charge in [0.15, 0.2) is 0 Å². The van der Waals surface area contributed by atoms with Crippen LogP contribution in [0, 0.1) is 57.7 Å². The van der Waals surface area contributed by atoms with Gasteiger partial charge in [-0.2, -0.15) is 5.26 Å². The fraction of sp³-hybridized carbons (Fsp3) is 0.952.